The number of anilines is 1. The van der Waals surface area contributed by atoms with Gasteiger partial charge in [-0.15, -0.1) is 0 Å². The molecule has 1 saturated heterocycles. The van der Waals surface area contributed by atoms with Gasteiger partial charge in [-0.3, -0.25) is 4.79 Å². The Morgan fingerprint density at radius 1 is 1.35 bits per heavy atom. The second-order valence-electron chi connectivity index (χ2n) is 8.45. The lowest BCUT2D eigenvalue weighted by molar-refractivity contribution is -0.141. The number of aliphatic hydroxyl groups is 1. The molecule has 1 aliphatic heterocycles. The molecule has 7 heteroatoms. The topological polar surface area (TPSA) is 85.4 Å². The standard InChI is InChI=1S/C19H27N5O2/c1-19(2,10-25)18(26)24-8-12-6-14(7-13(12)9-24)23(3)17-15-4-5-20-16(15)21-11-22-17/h4-5,11-14,25H,6-10H2,1-3H3,(H,20,21,22). The van der Waals surface area contributed by atoms with E-state index in [0.717, 1.165) is 42.8 Å². The van der Waals surface area contributed by atoms with Crippen LogP contribution in [0.2, 0.25) is 0 Å². The highest BCUT2D eigenvalue weighted by Crippen LogP contribution is 2.42. The Hall–Kier alpha value is -2.15. The number of aromatic nitrogens is 3. The van der Waals surface area contributed by atoms with Gasteiger partial charge in [-0.1, -0.05) is 0 Å². The number of nitrogens with zero attached hydrogens (tertiary/aromatic N) is 4. The zero-order valence-electron chi connectivity index (χ0n) is 15.6. The summed E-state index contributed by atoms with van der Waals surface area (Å²) in [4.78, 5) is 28.8. The summed E-state index contributed by atoms with van der Waals surface area (Å²) in [7, 11) is 2.11. The molecule has 2 aromatic heterocycles. The lowest BCUT2D eigenvalue weighted by Crippen LogP contribution is -2.42. The van der Waals surface area contributed by atoms with E-state index in [0.29, 0.717) is 17.9 Å². The summed E-state index contributed by atoms with van der Waals surface area (Å²) in [5.74, 6) is 2.11. The maximum Gasteiger partial charge on any atom is 0.230 e. The Morgan fingerprint density at radius 3 is 2.69 bits per heavy atom. The minimum absolute atomic E-state index is 0.0733. The highest BCUT2D eigenvalue weighted by atomic mass is 16.3. The van der Waals surface area contributed by atoms with E-state index >= 15 is 0 Å². The lowest BCUT2D eigenvalue weighted by Gasteiger charge is -2.30. The number of nitrogens with one attached hydrogen (secondary N) is 1. The van der Waals surface area contributed by atoms with E-state index in [4.69, 9.17) is 0 Å². The molecule has 1 saturated carbocycles. The first-order chi connectivity index (χ1) is 12.4. The van der Waals surface area contributed by atoms with E-state index in [-0.39, 0.29) is 12.5 Å². The van der Waals surface area contributed by atoms with E-state index < -0.39 is 5.41 Å². The molecular formula is C19H27N5O2. The van der Waals surface area contributed by atoms with Crippen LogP contribution < -0.4 is 4.90 Å². The van der Waals surface area contributed by atoms with Crippen LogP contribution in [0.5, 0.6) is 0 Å². The zero-order chi connectivity index (χ0) is 18.5. The summed E-state index contributed by atoms with van der Waals surface area (Å²) in [5.41, 5.74) is 0.179. The molecule has 140 valence electrons. The lowest BCUT2D eigenvalue weighted by atomic mass is 9.93. The van der Waals surface area contributed by atoms with Crippen molar-refractivity contribution in [1.82, 2.24) is 19.9 Å². The molecule has 2 aromatic rings. The molecule has 2 N–H and O–H groups in total. The van der Waals surface area contributed by atoms with Crippen molar-refractivity contribution in [3.05, 3.63) is 18.6 Å². The van der Waals surface area contributed by atoms with Gasteiger partial charge >= 0.3 is 0 Å². The van der Waals surface area contributed by atoms with Crippen molar-refractivity contribution in [2.75, 3.05) is 31.6 Å². The van der Waals surface area contributed by atoms with E-state index in [9.17, 15) is 9.90 Å². The number of fused-ring (bicyclic) bond motifs is 2. The maximum absolute atomic E-state index is 12.6. The molecule has 0 spiro atoms. The van der Waals surface area contributed by atoms with Crippen LogP contribution in [0.4, 0.5) is 5.82 Å². The van der Waals surface area contributed by atoms with Gasteiger partial charge in [0.05, 0.1) is 17.4 Å². The molecule has 3 heterocycles. The Kier molecular flexibility index (Phi) is 4.14. The SMILES string of the molecule is CN(c1ncnc2[nH]ccc12)C1CC2CN(C(=O)C(C)(C)CO)CC2C1. The number of H-pyrrole nitrogens is 1. The highest BCUT2D eigenvalue weighted by molar-refractivity contribution is 5.87. The number of hydrogen-bond acceptors (Lipinski definition) is 5. The average Bonchev–Trinajstić information content (AvgIpc) is 3.33. The molecule has 1 amide bonds. The number of carbonyl (C=O) groups excluding carboxylic acids is 1. The van der Waals surface area contributed by atoms with E-state index in [2.05, 4.69) is 26.9 Å². The van der Waals surface area contributed by atoms with Crippen LogP contribution >= 0.6 is 0 Å². The average molecular weight is 357 g/mol. The van der Waals surface area contributed by atoms with Crippen molar-refractivity contribution in [1.29, 1.82) is 0 Å². The molecule has 1 aliphatic carbocycles. The Labute approximate surface area is 153 Å². The third kappa shape index (κ3) is 2.74. The third-order valence-electron chi connectivity index (χ3n) is 6.20. The fraction of sp³-hybridized carbons (Fsp3) is 0.632. The van der Waals surface area contributed by atoms with Gasteiger partial charge in [0.2, 0.25) is 5.91 Å². The molecule has 26 heavy (non-hydrogen) atoms. The van der Waals surface area contributed by atoms with E-state index in [1.54, 1.807) is 6.33 Å². The largest absolute Gasteiger partial charge is 0.395 e. The van der Waals surface area contributed by atoms with Crippen molar-refractivity contribution in [3.63, 3.8) is 0 Å². The Morgan fingerprint density at radius 2 is 2.04 bits per heavy atom. The molecule has 0 radical (unpaired) electrons. The van der Waals surface area contributed by atoms with Crippen LogP contribution in [-0.4, -0.2) is 63.7 Å². The van der Waals surface area contributed by atoms with Crippen molar-refractivity contribution < 1.29 is 9.90 Å². The number of likely N-dealkylation sites (tertiary alicyclic amines) is 1. The number of carbonyl (C=O) groups is 1. The van der Waals surface area contributed by atoms with Crippen LogP contribution in [0.25, 0.3) is 11.0 Å². The predicted molar refractivity (Wildman–Crippen MR) is 99.7 cm³/mol. The normalized spacial score (nSPS) is 25.7. The third-order valence-corrected chi connectivity index (χ3v) is 6.20. The first-order valence-corrected chi connectivity index (χ1v) is 9.32. The molecule has 4 rings (SSSR count). The fourth-order valence-corrected chi connectivity index (χ4v) is 4.56. The van der Waals surface area contributed by atoms with Gasteiger partial charge in [0.25, 0.3) is 0 Å². The minimum Gasteiger partial charge on any atom is -0.395 e. The molecule has 0 aromatic carbocycles. The highest BCUT2D eigenvalue weighted by Gasteiger charge is 2.46. The second kappa shape index (κ2) is 6.23. The van der Waals surface area contributed by atoms with Gasteiger partial charge < -0.3 is 19.9 Å². The predicted octanol–water partition coefficient (Wildman–Crippen LogP) is 1.65. The quantitative estimate of drug-likeness (QED) is 0.869. The van der Waals surface area contributed by atoms with Crippen LogP contribution in [0, 0.1) is 17.3 Å². The summed E-state index contributed by atoms with van der Waals surface area (Å²) in [6.45, 7) is 5.14. The first kappa shape index (κ1) is 17.3. The molecule has 2 unspecified atom stereocenters. The monoisotopic (exact) mass is 357 g/mol. The van der Waals surface area contributed by atoms with Crippen LogP contribution in [0.15, 0.2) is 18.6 Å². The Bertz CT molecular complexity index is 803. The number of aliphatic hydroxyl groups excluding tert-OH is 1. The first-order valence-electron chi connectivity index (χ1n) is 9.32. The summed E-state index contributed by atoms with van der Waals surface area (Å²) in [6.07, 6.45) is 5.64. The molecule has 2 fully saturated rings. The van der Waals surface area contributed by atoms with Gasteiger partial charge in [-0.05, 0) is 44.6 Å². The number of hydrogen-bond donors (Lipinski definition) is 2. The van der Waals surface area contributed by atoms with Crippen molar-refractivity contribution >= 4 is 22.8 Å². The van der Waals surface area contributed by atoms with Crippen molar-refractivity contribution in [3.8, 4) is 0 Å². The Balaban J connectivity index is 1.45. The van der Waals surface area contributed by atoms with Gasteiger partial charge in [-0.2, -0.15) is 0 Å². The van der Waals surface area contributed by atoms with Gasteiger partial charge in [0.1, 0.15) is 17.8 Å². The van der Waals surface area contributed by atoms with E-state index in [1.165, 1.54) is 0 Å². The smallest absolute Gasteiger partial charge is 0.230 e. The van der Waals surface area contributed by atoms with Gasteiger partial charge in [0.15, 0.2) is 0 Å². The van der Waals surface area contributed by atoms with Crippen LogP contribution in [0.3, 0.4) is 0 Å². The summed E-state index contributed by atoms with van der Waals surface area (Å²) < 4.78 is 0. The van der Waals surface area contributed by atoms with Gasteiger partial charge in [-0.25, -0.2) is 9.97 Å². The zero-order valence-corrected chi connectivity index (χ0v) is 15.6. The van der Waals surface area contributed by atoms with Crippen LogP contribution in [-0.2, 0) is 4.79 Å². The van der Waals surface area contributed by atoms with Crippen molar-refractivity contribution in [2.45, 2.75) is 32.7 Å². The molecule has 0 bridgehead atoms. The maximum atomic E-state index is 12.6. The molecular weight excluding hydrogens is 330 g/mol. The van der Waals surface area contributed by atoms with Gasteiger partial charge in [0, 0.05) is 32.4 Å². The molecule has 7 nitrogen and oxygen atoms in total. The molecule has 2 atom stereocenters. The van der Waals surface area contributed by atoms with E-state index in [1.807, 2.05) is 31.0 Å². The summed E-state index contributed by atoms with van der Waals surface area (Å²) in [6, 6.07) is 2.45. The van der Waals surface area contributed by atoms with Crippen LogP contribution in [0.1, 0.15) is 26.7 Å². The number of amides is 1. The summed E-state index contributed by atoms with van der Waals surface area (Å²) in [5, 5.41) is 10.5. The minimum atomic E-state index is -0.685. The number of aromatic amines is 1. The second-order valence-corrected chi connectivity index (χ2v) is 8.45. The summed E-state index contributed by atoms with van der Waals surface area (Å²) >= 11 is 0. The number of rotatable bonds is 4. The van der Waals surface area contributed by atoms with Crippen molar-refractivity contribution in [2.24, 2.45) is 17.3 Å². The molecule has 2 aliphatic rings. The fourth-order valence-electron chi connectivity index (χ4n) is 4.56.